The Morgan fingerprint density at radius 2 is 2.06 bits per heavy atom. The summed E-state index contributed by atoms with van der Waals surface area (Å²) < 4.78 is 19.4. The molecule has 33 heavy (non-hydrogen) atoms. The highest BCUT2D eigenvalue weighted by atomic mass is 35.5. The van der Waals surface area contributed by atoms with E-state index in [4.69, 9.17) is 21.4 Å². The van der Waals surface area contributed by atoms with E-state index in [0.29, 0.717) is 34.9 Å². The Balaban J connectivity index is 1.51. The van der Waals surface area contributed by atoms with E-state index in [2.05, 4.69) is 4.98 Å². The van der Waals surface area contributed by atoms with Gasteiger partial charge >= 0.3 is 5.97 Å². The number of ether oxygens (including phenoxy) is 1. The Kier molecular flexibility index (Phi) is 6.79. The molecular formula is C25H24ClFN2O4. The number of rotatable bonds is 6. The molecule has 8 heteroatoms. The molecule has 2 heterocycles. The molecule has 4 rings (SSSR count). The number of pyridine rings is 1. The Morgan fingerprint density at radius 1 is 1.24 bits per heavy atom. The third-order valence-electron chi connectivity index (χ3n) is 5.89. The minimum atomic E-state index is -0.844. The lowest BCUT2D eigenvalue weighted by Crippen LogP contribution is -2.46. The molecule has 1 aliphatic rings. The summed E-state index contributed by atoms with van der Waals surface area (Å²) in [5.41, 5.74) is 2.17. The van der Waals surface area contributed by atoms with Gasteiger partial charge in [-0.25, -0.2) is 4.39 Å². The van der Waals surface area contributed by atoms with Crippen LogP contribution >= 0.6 is 11.6 Å². The van der Waals surface area contributed by atoms with Crippen molar-refractivity contribution in [2.75, 3.05) is 13.1 Å². The predicted molar refractivity (Wildman–Crippen MR) is 124 cm³/mol. The Bertz CT molecular complexity index is 1200. The monoisotopic (exact) mass is 470 g/mol. The second kappa shape index (κ2) is 9.75. The van der Waals surface area contributed by atoms with Crippen molar-refractivity contribution in [3.63, 3.8) is 0 Å². The van der Waals surface area contributed by atoms with Gasteiger partial charge in [0, 0.05) is 42.7 Å². The third kappa shape index (κ3) is 5.25. The zero-order valence-corrected chi connectivity index (χ0v) is 18.9. The van der Waals surface area contributed by atoms with Gasteiger partial charge in [0.05, 0.1) is 10.5 Å². The molecule has 0 saturated carbocycles. The summed E-state index contributed by atoms with van der Waals surface area (Å²) in [5, 5.41) is 10.2. The molecule has 1 aromatic heterocycles. The normalized spacial score (nSPS) is 17.1. The summed E-state index contributed by atoms with van der Waals surface area (Å²) in [6.45, 7) is 2.72. The van der Waals surface area contributed by atoms with E-state index in [0.717, 1.165) is 23.8 Å². The Labute approximate surface area is 195 Å². The number of benzene rings is 2. The number of carboxylic acids is 1. The quantitative estimate of drug-likeness (QED) is 0.537. The number of aromatic nitrogens is 1. The summed E-state index contributed by atoms with van der Waals surface area (Å²) in [6, 6.07) is 11.4. The van der Waals surface area contributed by atoms with Crippen LogP contribution in [0.4, 0.5) is 4.39 Å². The lowest BCUT2D eigenvalue weighted by Gasteiger charge is -2.33. The van der Waals surface area contributed by atoms with Gasteiger partial charge in [0.1, 0.15) is 11.6 Å². The number of nitrogens with zero attached hydrogens (tertiary/aromatic N) is 2. The molecule has 2 atom stereocenters. The molecule has 1 unspecified atom stereocenters. The van der Waals surface area contributed by atoms with Gasteiger partial charge in [0.2, 0.25) is 0 Å². The van der Waals surface area contributed by atoms with E-state index < -0.39 is 17.9 Å². The highest BCUT2D eigenvalue weighted by Crippen LogP contribution is 2.34. The van der Waals surface area contributed by atoms with E-state index in [-0.39, 0.29) is 18.2 Å². The van der Waals surface area contributed by atoms with E-state index >= 15 is 0 Å². The lowest BCUT2D eigenvalue weighted by atomic mass is 9.94. The van der Waals surface area contributed by atoms with Gasteiger partial charge in [0.25, 0.3) is 5.91 Å². The number of amides is 1. The number of aliphatic carboxylic acids is 1. The number of carboxylic acid groups (broad SMARTS) is 1. The van der Waals surface area contributed by atoms with Crippen molar-refractivity contribution in [3.8, 4) is 16.9 Å². The predicted octanol–water partition coefficient (Wildman–Crippen LogP) is 5.17. The first-order chi connectivity index (χ1) is 15.8. The minimum absolute atomic E-state index is 0.0334. The number of likely N-dealkylation sites (tertiary alicyclic amines) is 1. The number of fused-ring (bicyclic) bond motifs is 1. The molecule has 0 radical (unpaired) electrons. The molecule has 1 fully saturated rings. The number of carbonyl (C=O) groups is 2. The first-order valence-electron chi connectivity index (χ1n) is 10.8. The Morgan fingerprint density at radius 3 is 2.82 bits per heavy atom. The van der Waals surface area contributed by atoms with Gasteiger partial charge in [-0.1, -0.05) is 11.6 Å². The highest BCUT2D eigenvalue weighted by molar-refractivity contribution is 6.33. The fraction of sp³-hybridized carbons (Fsp3) is 0.320. The maximum atomic E-state index is 13.5. The first-order valence-corrected chi connectivity index (χ1v) is 11.2. The molecule has 0 spiro atoms. The first kappa shape index (κ1) is 23.0. The molecule has 1 amide bonds. The van der Waals surface area contributed by atoms with Gasteiger partial charge in [-0.3, -0.25) is 14.6 Å². The van der Waals surface area contributed by atoms with Gasteiger partial charge in [-0.2, -0.15) is 0 Å². The smallest absolute Gasteiger partial charge is 0.303 e. The van der Waals surface area contributed by atoms with Gasteiger partial charge in [-0.05, 0) is 67.6 Å². The number of halogens is 2. The topological polar surface area (TPSA) is 79.7 Å². The van der Waals surface area contributed by atoms with E-state index in [1.807, 2.05) is 12.1 Å². The van der Waals surface area contributed by atoms with Crippen molar-refractivity contribution in [1.29, 1.82) is 0 Å². The van der Waals surface area contributed by atoms with Gasteiger partial charge in [-0.15, -0.1) is 0 Å². The zero-order chi connectivity index (χ0) is 23.5. The van der Waals surface area contributed by atoms with E-state index in [9.17, 15) is 14.0 Å². The molecule has 1 N–H and O–H groups in total. The van der Waals surface area contributed by atoms with Crippen molar-refractivity contribution < 1.29 is 23.8 Å². The van der Waals surface area contributed by atoms with Crippen LogP contribution in [0.15, 0.2) is 48.7 Å². The molecule has 0 aliphatic carbocycles. The van der Waals surface area contributed by atoms with Gasteiger partial charge < -0.3 is 14.7 Å². The summed E-state index contributed by atoms with van der Waals surface area (Å²) in [5.74, 6) is -0.945. The summed E-state index contributed by atoms with van der Waals surface area (Å²) in [4.78, 5) is 30.0. The van der Waals surface area contributed by atoms with Crippen molar-refractivity contribution in [2.45, 2.75) is 32.3 Å². The molecule has 6 nitrogen and oxygen atoms in total. The van der Waals surface area contributed by atoms with Crippen LogP contribution in [0.3, 0.4) is 0 Å². The van der Waals surface area contributed by atoms with E-state index in [1.54, 1.807) is 36.2 Å². The molecule has 0 bridgehead atoms. The summed E-state index contributed by atoms with van der Waals surface area (Å²) >= 11 is 6.25. The standard InChI is InChI=1S/C25H24ClFN2O4/c1-15(25(32)29-10-2-3-16(14-29)11-24(30)31)33-18-5-7-21-19(8-9-28-23(21)13-18)20-6-4-17(27)12-22(20)26/h4-9,12-13,15-16H,2-3,10-11,14H2,1H3,(H,30,31)/t15?,16-/m1/s1. The van der Waals surface area contributed by atoms with Crippen molar-refractivity contribution in [1.82, 2.24) is 9.88 Å². The van der Waals surface area contributed by atoms with Crippen LogP contribution in [0.25, 0.3) is 22.0 Å². The number of hydrogen-bond donors (Lipinski definition) is 1. The van der Waals surface area contributed by atoms with Crippen LogP contribution in [0.1, 0.15) is 26.2 Å². The summed E-state index contributed by atoms with van der Waals surface area (Å²) in [6.07, 6.45) is 2.58. The van der Waals surface area contributed by atoms with Crippen LogP contribution in [0, 0.1) is 11.7 Å². The fourth-order valence-electron chi connectivity index (χ4n) is 4.33. The van der Waals surface area contributed by atoms with Crippen LogP contribution in [-0.2, 0) is 9.59 Å². The van der Waals surface area contributed by atoms with Gasteiger partial charge in [0.15, 0.2) is 6.10 Å². The number of piperidine rings is 1. The zero-order valence-electron chi connectivity index (χ0n) is 18.1. The Hall–Kier alpha value is -3.19. The maximum absolute atomic E-state index is 13.5. The minimum Gasteiger partial charge on any atom is -0.481 e. The summed E-state index contributed by atoms with van der Waals surface area (Å²) in [7, 11) is 0. The SMILES string of the molecule is CC(Oc1ccc2c(-c3ccc(F)cc3Cl)ccnc2c1)C(=O)N1CCC[C@H](CC(=O)O)C1. The molecule has 172 valence electrons. The lowest BCUT2D eigenvalue weighted by molar-refractivity contribution is -0.143. The molecule has 1 aliphatic heterocycles. The van der Waals surface area contributed by atoms with Crippen LogP contribution in [0.2, 0.25) is 5.02 Å². The highest BCUT2D eigenvalue weighted by Gasteiger charge is 2.29. The van der Waals surface area contributed by atoms with Crippen molar-refractivity contribution in [2.24, 2.45) is 5.92 Å². The van der Waals surface area contributed by atoms with Crippen molar-refractivity contribution in [3.05, 3.63) is 59.5 Å². The van der Waals surface area contributed by atoms with Crippen molar-refractivity contribution >= 4 is 34.4 Å². The molecule has 1 saturated heterocycles. The second-order valence-corrected chi connectivity index (χ2v) is 8.72. The average molecular weight is 471 g/mol. The van der Waals surface area contributed by atoms with Crippen LogP contribution in [0.5, 0.6) is 5.75 Å². The largest absolute Gasteiger partial charge is 0.481 e. The second-order valence-electron chi connectivity index (χ2n) is 8.31. The third-order valence-corrected chi connectivity index (χ3v) is 6.20. The van der Waals surface area contributed by atoms with E-state index in [1.165, 1.54) is 12.1 Å². The number of hydrogen-bond acceptors (Lipinski definition) is 4. The molecule has 2 aromatic carbocycles. The molecule has 3 aromatic rings. The maximum Gasteiger partial charge on any atom is 0.303 e. The fourth-order valence-corrected chi connectivity index (χ4v) is 4.60. The average Bonchev–Trinajstić information content (AvgIpc) is 2.78. The molecular weight excluding hydrogens is 447 g/mol. The van der Waals surface area contributed by atoms with Crippen LogP contribution < -0.4 is 4.74 Å². The van der Waals surface area contributed by atoms with Crippen LogP contribution in [-0.4, -0.2) is 46.1 Å². The number of carbonyl (C=O) groups excluding carboxylic acids is 1.